The third-order valence-corrected chi connectivity index (χ3v) is 2.62. The van der Waals surface area contributed by atoms with Gasteiger partial charge in [0.15, 0.2) is 0 Å². The molecule has 1 aromatic rings. The first-order valence-electron chi connectivity index (χ1n) is 6.18. The molecule has 0 fully saturated rings. The Hall–Kier alpha value is -2.12. The van der Waals surface area contributed by atoms with Gasteiger partial charge in [0.1, 0.15) is 0 Å². The van der Waals surface area contributed by atoms with Crippen LogP contribution < -0.4 is 10.6 Å². The predicted octanol–water partition coefficient (Wildman–Crippen LogP) is 0.0782. The van der Waals surface area contributed by atoms with Crippen molar-refractivity contribution in [1.82, 2.24) is 25.6 Å². The van der Waals surface area contributed by atoms with Gasteiger partial charge < -0.3 is 15.7 Å². The first-order chi connectivity index (χ1) is 9.09. The molecule has 0 aliphatic carbocycles. The fourth-order valence-corrected chi connectivity index (χ4v) is 1.43. The van der Waals surface area contributed by atoms with Gasteiger partial charge in [0, 0.05) is 19.3 Å². The third kappa shape index (κ3) is 6.39. The lowest BCUT2D eigenvalue weighted by Crippen LogP contribution is -2.37. The summed E-state index contributed by atoms with van der Waals surface area (Å²) in [5.74, 6) is -1.19. The zero-order chi connectivity index (χ0) is 14.1. The van der Waals surface area contributed by atoms with Crippen LogP contribution in [-0.2, 0) is 11.3 Å². The van der Waals surface area contributed by atoms with Crippen LogP contribution in [0.1, 0.15) is 19.8 Å². The molecule has 1 atom stereocenters. The van der Waals surface area contributed by atoms with Crippen LogP contribution in [0.25, 0.3) is 0 Å². The number of nitrogens with one attached hydrogen (secondary N) is 2. The first kappa shape index (κ1) is 14.9. The van der Waals surface area contributed by atoms with E-state index in [1.807, 2.05) is 0 Å². The van der Waals surface area contributed by atoms with Gasteiger partial charge in [-0.1, -0.05) is 12.1 Å². The normalized spacial score (nSPS) is 11.8. The molecule has 19 heavy (non-hydrogen) atoms. The van der Waals surface area contributed by atoms with E-state index in [1.54, 1.807) is 24.0 Å². The Kier molecular flexibility index (Phi) is 6.34. The van der Waals surface area contributed by atoms with E-state index in [4.69, 9.17) is 5.11 Å². The zero-order valence-electron chi connectivity index (χ0n) is 10.9. The number of rotatable bonds is 8. The van der Waals surface area contributed by atoms with E-state index in [-0.39, 0.29) is 11.9 Å². The maximum Gasteiger partial charge on any atom is 0.314 e. The standard InChI is InChI=1S/C11H19N5O3/c1-9(10(17)18)3-2-4-12-11(19)13-5-7-16-8-6-14-15-16/h6,8-9H,2-5,7H2,1H3,(H,17,18)(H2,12,13,19). The van der Waals surface area contributed by atoms with Gasteiger partial charge in [-0.15, -0.1) is 5.10 Å². The van der Waals surface area contributed by atoms with Gasteiger partial charge in [-0.2, -0.15) is 0 Å². The molecule has 0 spiro atoms. The summed E-state index contributed by atoms with van der Waals surface area (Å²) in [5.41, 5.74) is 0. The van der Waals surface area contributed by atoms with Crippen molar-refractivity contribution in [2.24, 2.45) is 5.92 Å². The molecule has 0 saturated heterocycles. The van der Waals surface area contributed by atoms with Gasteiger partial charge in [-0.3, -0.25) is 9.48 Å². The van der Waals surface area contributed by atoms with Crippen LogP contribution in [0.5, 0.6) is 0 Å². The van der Waals surface area contributed by atoms with Gasteiger partial charge >= 0.3 is 12.0 Å². The molecule has 3 N–H and O–H groups in total. The third-order valence-electron chi connectivity index (χ3n) is 2.62. The SMILES string of the molecule is CC(CCCNC(=O)NCCn1ccnn1)C(=O)O. The predicted molar refractivity (Wildman–Crippen MR) is 67.5 cm³/mol. The van der Waals surface area contributed by atoms with Crippen molar-refractivity contribution >= 4 is 12.0 Å². The lowest BCUT2D eigenvalue weighted by atomic mass is 10.1. The van der Waals surface area contributed by atoms with Crippen molar-refractivity contribution in [3.63, 3.8) is 0 Å². The number of hydrogen-bond acceptors (Lipinski definition) is 4. The second-order valence-corrected chi connectivity index (χ2v) is 4.23. The first-order valence-corrected chi connectivity index (χ1v) is 6.18. The highest BCUT2D eigenvalue weighted by molar-refractivity contribution is 5.73. The molecule has 0 bridgehead atoms. The van der Waals surface area contributed by atoms with E-state index >= 15 is 0 Å². The highest BCUT2D eigenvalue weighted by Gasteiger charge is 2.09. The van der Waals surface area contributed by atoms with Gasteiger partial charge in [0.05, 0.1) is 18.7 Å². The van der Waals surface area contributed by atoms with Crippen LogP contribution in [0.3, 0.4) is 0 Å². The number of hydrogen-bond donors (Lipinski definition) is 3. The maximum atomic E-state index is 11.4. The van der Waals surface area contributed by atoms with Crippen molar-refractivity contribution in [3.8, 4) is 0 Å². The number of nitrogens with zero attached hydrogens (tertiary/aromatic N) is 3. The van der Waals surface area contributed by atoms with Crippen molar-refractivity contribution in [1.29, 1.82) is 0 Å². The molecular weight excluding hydrogens is 250 g/mol. The Bertz CT molecular complexity index is 393. The quantitative estimate of drug-likeness (QED) is 0.579. The van der Waals surface area contributed by atoms with Crippen LogP contribution in [0.2, 0.25) is 0 Å². The summed E-state index contributed by atoms with van der Waals surface area (Å²) >= 11 is 0. The number of aromatic nitrogens is 3. The van der Waals surface area contributed by atoms with E-state index in [2.05, 4.69) is 20.9 Å². The molecule has 8 nitrogen and oxygen atoms in total. The monoisotopic (exact) mass is 269 g/mol. The number of aliphatic carboxylic acids is 1. The molecule has 106 valence electrons. The van der Waals surface area contributed by atoms with Gasteiger partial charge in [-0.05, 0) is 12.8 Å². The van der Waals surface area contributed by atoms with Crippen LogP contribution in [-0.4, -0.2) is 45.2 Å². The van der Waals surface area contributed by atoms with Crippen LogP contribution >= 0.6 is 0 Å². The Morgan fingerprint density at radius 1 is 1.37 bits per heavy atom. The van der Waals surface area contributed by atoms with Crippen LogP contribution in [0.4, 0.5) is 4.79 Å². The molecule has 0 aliphatic rings. The van der Waals surface area contributed by atoms with Crippen molar-refractivity contribution in [2.45, 2.75) is 26.3 Å². The average molecular weight is 269 g/mol. The molecule has 0 radical (unpaired) electrons. The molecular formula is C11H19N5O3. The van der Waals surface area contributed by atoms with Crippen molar-refractivity contribution < 1.29 is 14.7 Å². The number of carboxylic acid groups (broad SMARTS) is 1. The van der Waals surface area contributed by atoms with Crippen molar-refractivity contribution in [2.75, 3.05) is 13.1 Å². The molecule has 1 rings (SSSR count). The largest absolute Gasteiger partial charge is 0.481 e. The maximum absolute atomic E-state index is 11.4. The number of carbonyl (C=O) groups excluding carboxylic acids is 1. The summed E-state index contributed by atoms with van der Waals surface area (Å²) in [6.07, 6.45) is 4.48. The lowest BCUT2D eigenvalue weighted by molar-refractivity contribution is -0.141. The van der Waals surface area contributed by atoms with E-state index < -0.39 is 5.97 Å². The van der Waals surface area contributed by atoms with E-state index in [0.29, 0.717) is 32.5 Å². The minimum Gasteiger partial charge on any atom is -0.481 e. The molecule has 1 aromatic heterocycles. The molecule has 1 unspecified atom stereocenters. The molecule has 1 heterocycles. The second-order valence-electron chi connectivity index (χ2n) is 4.23. The zero-order valence-corrected chi connectivity index (χ0v) is 10.9. The number of urea groups is 1. The Morgan fingerprint density at radius 3 is 2.74 bits per heavy atom. The van der Waals surface area contributed by atoms with Gasteiger partial charge in [0.2, 0.25) is 0 Å². The van der Waals surface area contributed by atoms with Gasteiger partial charge in [0.25, 0.3) is 0 Å². The minimum atomic E-state index is -0.808. The molecule has 8 heteroatoms. The summed E-state index contributed by atoms with van der Waals surface area (Å²) in [7, 11) is 0. The van der Waals surface area contributed by atoms with E-state index in [9.17, 15) is 9.59 Å². The van der Waals surface area contributed by atoms with E-state index in [0.717, 1.165) is 0 Å². The summed E-state index contributed by atoms with van der Waals surface area (Å²) in [5, 5.41) is 21.4. The highest BCUT2D eigenvalue weighted by atomic mass is 16.4. The smallest absolute Gasteiger partial charge is 0.314 e. The second kappa shape index (κ2) is 8.06. The summed E-state index contributed by atoms with van der Waals surface area (Å²) in [4.78, 5) is 21.9. The van der Waals surface area contributed by atoms with Crippen molar-refractivity contribution in [3.05, 3.63) is 12.4 Å². The van der Waals surface area contributed by atoms with E-state index in [1.165, 1.54) is 0 Å². The summed E-state index contributed by atoms with van der Waals surface area (Å²) in [6, 6.07) is -0.261. The number of carbonyl (C=O) groups is 2. The summed E-state index contributed by atoms with van der Waals surface area (Å²) in [6.45, 7) is 3.14. The molecule has 0 saturated carbocycles. The summed E-state index contributed by atoms with van der Waals surface area (Å²) < 4.78 is 1.62. The minimum absolute atomic E-state index is 0.261. The molecule has 2 amide bonds. The van der Waals surface area contributed by atoms with Crippen LogP contribution in [0, 0.1) is 5.92 Å². The Labute approximate surface area is 111 Å². The highest BCUT2D eigenvalue weighted by Crippen LogP contribution is 2.03. The van der Waals surface area contributed by atoms with Gasteiger partial charge in [-0.25, -0.2) is 4.79 Å². The van der Waals surface area contributed by atoms with Crippen LogP contribution in [0.15, 0.2) is 12.4 Å². The fraction of sp³-hybridized carbons (Fsp3) is 0.636. The Morgan fingerprint density at radius 2 is 2.11 bits per heavy atom. The fourth-order valence-electron chi connectivity index (χ4n) is 1.43. The average Bonchev–Trinajstić information content (AvgIpc) is 2.87. The Balaban J connectivity index is 2.00. The lowest BCUT2D eigenvalue weighted by Gasteiger charge is -2.08. The number of amides is 2. The molecule has 0 aliphatic heterocycles. The molecule has 0 aromatic carbocycles. The number of carboxylic acids is 1. The topological polar surface area (TPSA) is 109 Å².